The van der Waals surface area contributed by atoms with Gasteiger partial charge in [0.25, 0.3) is 5.91 Å². The molecule has 2 saturated heterocycles. The van der Waals surface area contributed by atoms with Crippen LogP contribution in [-0.4, -0.2) is 70.6 Å². The molecule has 1 aromatic carbocycles. The predicted molar refractivity (Wildman–Crippen MR) is 105 cm³/mol. The van der Waals surface area contributed by atoms with E-state index < -0.39 is 0 Å². The van der Waals surface area contributed by atoms with Crippen LogP contribution in [0, 0.1) is 0 Å². The number of hydrogen-bond acceptors (Lipinski definition) is 5. The largest absolute Gasteiger partial charge is 0.339 e. The van der Waals surface area contributed by atoms with Crippen molar-refractivity contribution < 1.29 is 9.59 Å². The Labute approximate surface area is 161 Å². The van der Waals surface area contributed by atoms with Crippen molar-refractivity contribution in [3.8, 4) is 0 Å². The number of halogens is 1. The van der Waals surface area contributed by atoms with Crippen molar-refractivity contribution in [1.29, 1.82) is 0 Å². The summed E-state index contributed by atoms with van der Waals surface area (Å²) < 4.78 is 0.408. The van der Waals surface area contributed by atoms with Gasteiger partial charge < -0.3 is 9.80 Å². The van der Waals surface area contributed by atoms with E-state index in [-0.39, 0.29) is 18.4 Å². The second kappa shape index (κ2) is 7.86. The third-order valence-corrected chi connectivity index (χ3v) is 5.94. The molecule has 2 fully saturated rings. The molecule has 0 saturated carbocycles. The summed E-state index contributed by atoms with van der Waals surface area (Å²) in [5.74, 6) is -0.305. The zero-order valence-corrected chi connectivity index (χ0v) is 16.2. The predicted octanol–water partition coefficient (Wildman–Crippen LogP) is 2.32. The number of likely N-dealkylation sites (N-methyl/N-ethyl adjacent to an activating group) is 1. The number of amides is 2. The Bertz CT molecular complexity index is 745. The average molecular weight is 396 g/mol. The first-order valence-electron chi connectivity index (χ1n) is 7.92. The maximum absolute atomic E-state index is 12.6. The molecule has 3 rings (SSSR count). The van der Waals surface area contributed by atoms with E-state index in [4.69, 9.17) is 23.8 Å². The van der Waals surface area contributed by atoms with Gasteiger partial charge in [0.1, 0.15) is 10.9 Å². The van der Waals surface area contributed by atoms with Gasteiger partial charge in [-0.25, -0.2) is 0 Å². The molecule has 1 aromatic rings. The van der Waals surface area contributed by atoms with Gasteiger partial charge in [0.05, 0.1) is 4.91 Å². The van der Waals surface area contributed by atoms with Gasteiger partial charge in [-0.1, -0.05) is 53.8 Å². The average Bonchev–Trinajstić information content (AvgIpc) is 2.85. The van der Waals surface area contributed by atoms with Crippen LogP contribution in [0.4, 0.5) is 0 Å². The number of thioether (sulfide) groups is 1. The fourth-order valence-corrected chi connectivity index (χ4v) is 4.10. The van der Waals surface area contributed by atoms with Crippen LogP contribution in [0.1, 0.15) is 5.56 Å². The maximum Gasteiger partial charge on any atom is 0.266 e. The second-order valence-electron chi connectivity index (χ2n) is 5.97. The lowest BCUT2D eigenvalue weighted by Crippen LogP contribution is -2.50. The standard InChI is InChI=1S/C17H18ClN3O2S2/c1-19-6-8-20(9-7-19)15(22)11-21-16(23)14(25-17(21)24)10-12-4-2-3-5-13(12)18/h2-5,10H,6-9,11H2,1H3/b14-10-. The van der Waals surface area contributed by atoms with Gasteiger partial charge in [-0.2, -0.15) is 0 Å². The Kier molecular flexibility index (Phi) is 5.78. The molecule has 5 nitrogen and oxygen atoms in total. The highest BCUT2D eigenvalue weighted by atomic mass is 35.5. The van der Waals surface area contributed by atoms with Gasteiger partial charge in [-0.15, -0.1) is 0 Å². The lowest BCUT2D eigenvalue weighted by Gasteiger charge is -2.33. The SMILES string of the molecule is CN1CCN(C(=O)CN2C(=O)/C(=C/c3ccccc3Cl)SC2=S)CC1. The molecule has 0 radical (unpaired) electrons. The molecule has 2 aliphatic rings. The van der Waals surface area contributed by atoms with E-state index >= 15 is 0 Å². The molecule has 0 aromatic heterocycles. The molecule has 25 heavy (non-hydrogen) atoms. The van der Waals surface area contributed by atoms with E-state index in [0.717, 1.165) is 18.7 Å². The summed E-state index contributed by atoms with van der Waals surface area (Å²) in [6.07, 6.45) is 1.72. The number of benzene rings is 1. The van der Waals surface area contributed by atoms with E-state index in [0.29, 0.717) is 27.3 Å². The third kappa shape index (κ3) is 4.23. The monoisotopic (exact) mass is 395 g/mol. The minimum Gasteiger partial charge on any atom is -0.339 e. The van der Waals surface area contributed by atoms with Crippen molar-refractivity contribution in [1.82, 2.24) is 14.7 Å². The summed E-state index contributed by atoms with van der Waals surface area (Å²) in [6.45, 7) is 3.04. The summed E-state index contributed by atoms with van der Waals surface area (Å²) in [4.78, 5) is 30.9. The smallest absolute Gasteiger partial charge is 0.266 e. The van der Waals surface area contributed by atoms with Gasteiger partial charge in [-0.05, 0) is 24.8 Å². The van der Waals surface area contributed by atoms with Gasteiger partial charge in [0.15, 0.2) is 0 Å². The molecule has 2 amide bonds. The Hall–Kier alpha value is -1.41. The summed E-state index contributed by atoms with van der Waals surface area (Å²) in [6, 6.07) is 7.30. The number of piperazine rings is 1. The van der Waals surface area contributed by atoms with Crippen molar-refractivity contribution in [3.63, 3.8) is 0 Å². The van der Waals surface area contributed by atoms with Crippen LogP contribution < -0.4 is 0 Å². The Morgan fingerprint density at radius 2 is 1.96 bits per heavy atom. The van der Waals surface area contributed by atoms with Crippen LogP contribution in [0.2, 0.25) is 5.02 Å². The Morgan fingerprint density at radius 1 is 1.28 bits per heavy atom. The summed E-state index contributed by atoms with van der Waals surface area (Å²) in [5.41, 5.74) is 0.759. The fraction of sp³-hybridized carbons (Fsp3) is 0.353. The van der Waals surface area contributed by atoms with E-state index in [1.165, 1.54) is 16.7 Å². The first-order valence-corrected chi connectivity index (χ1v) is 9.52. The third-order valence-electron chi connectivity index (χ3n) is 4.21. The lowest BCUT2D eigenvalue weighted by molar-refractivity contribution is -0.136. The number of carbonyl (C=O) groups excluding carboxylic acids is 2. The van der Waals surface area contributed by atoms with Gasteiger partial charge in [0.2, 0.25) is 5.91 Å². The zero-order valence-electron chi connectivity index (χ0n) is 13.8. The van der Waals surface area contributed by atoms with Crippen LogP contribution >= 0.6 is 35.6 Å². The molecule has 132 valence electrons. The van der Waals surface area contributed by atoms with Crippen LogP contribution in [-0.2, 0) is 9.59 Å². The van der Waals surface area contributed by atoms with Crippen LogP contribution in [0.25, 0.3) is 6.08 Å². The molecule has 0 bridgehead atoms. The fourth-order valence-electron chi connectivity index (χ4n) is 2.66. The number of thiocarbonyl (C=S) groups is 1. The van der Waals surface area contributed by atoms with Crippen molar-refractivity contribution in [2.45, 2.75) is 0 Å². The topological polar surface area (TPSA) is 43.9 Å². The number of nitrogens with zero attached hydrogens (tertiary/aromatic N) is 3. The first-order chi connectivity index (χ1) is 12.0. The molecule has 0 atom stereocenters. The molecule has 0 unspecified atom stereocenters. The van der Waals surface area contributed by atoms with Crippen LogP contribution in [0.5, 0.6) is 0 Å². The van der Waals surface area contributed by atoms with E-state index in [1.807, 2.05) is 25.2 Å². The number of hydrogen-bond donors (Lipinski definition) is 0. The normalized spacial score (nSPS) is 20.6. The number of rotatable bonds is 3. The number of carbonyl (C=O) groups is 2. The molecular weight excluding hydrogens is 378 g/mol. The van der Waals surface area contributed by atoms with Gasteiger partial charge in [-0.3, -0.25) is 14.5 Å². The Balaban J connectivity index is 1.69. The quantitative estimate of drug-likeness (QED) is 0.580. The van der Waals surface area contributed by atoms with Crippen LogP contribution in [0.15, 0.2) is 29.2 Å². The second-order valence-corrected chi connectivity index (χ2v) is 8.06. The molecule has 0 N–H and O–H groups in total. The highest BCUT2D eigenvalue weighted by Gasteiger charge is 2.34. The maximum atomic E-state index is 12.6. The molecule has 2 aliphatic heterocycles. The van der Waals surface area contributed by atoms with Crippen molar-refractivity contribution in [2.75, 3.05) is 39.8 Å². The highest BCUT2D eigenvalue weighted by molar-refractivity contribution is 8.26. The first kappa shape index (κ1) is 18.4. The minimum atomic E-state index is -0.239. The van der Waals surface area contributed by atoms with Gasteiger partial charge in [0, 0.05) is 31.2 Å². The molecule has 0 spiro atoms. The summed E-state index contributed by atoms with van der Waals surface area (Å²) in [7, 11) is 2.03. The van der Waals surface area contributed by atoms with E-state index in [9.17, 15) is 9.59 Å². The summed E-state index contributed by atoms with van der Waals surface area (Å²) in [5, 5.41) is 0.571. The summed E-state index contributed by atoms with van der Waals surface area (Å²) >= 11 is 12.6. The molecule has 8 heteroatoms. The minimum absolute atomic E-state index is 0.00571. The van der Waals surface area contributed by atoms with Crippen molar-refractivity contribution in [2.24, 2.45) is 0 Å². The highest BCUT2D eigenvalue weighted by Crippen LogP contribution is 2.33. The van der Waals surface area contributed by atoms with Gasteiger partial charge >= 0.3 is 0 Å². The van der Waals surface area contributed by atoms with E-state index in [1.54, 1.807) is 17.0 Å². The lowest BCUT2D eigenvalue weighted by atomic mass is 10.2. The van der Waals surface area contributed by atoms with Crippen molar-refractivity contribution >= 4 is 57.8 Å². The zero-order chi connectivity index (χ0) is 18.0. The molecule has 0 aliphatic carbocycles. The molecular formula is C17H18ClN3O2S2. The Morgan fingerprint density at radius 3 is 2.64 bits per heavy atom. The molecule has 2 heterocycles. The van der Waals surface area contributed by atoms with Crippen LogP contribution in [0.3, 0.4) is 0 Å². The van der Waals surface area contributed by atoms with E-state index in [2.05, 4.69) is 4.90 Å². The van der Waals surface area contributed by atoms with Crippen molar-refractivity contribution in [3.05, 3.63) is 39.8 Å².